The van der Waals surface area contributed by atoms with E-state index in [-0.39, 0.29) is 24.6 Å². The van der Waals surface area contributed by atoms with Gasteiger partial charge < -0.3 is 11.1 Å². The molecule has 1 fully saturated rings. The van der Waals surface area contributed by atoms with E-state index >= 15 is 0 Å². The molecular weight excluding hydrogens is 209 g/mol. The maximum absolute atomic E-state index is 12.5. The third-order valence-electron chi connectivity index (χ3n) is 2.33. The largest absolute Gasteiger partial charge is 0.411 e. The van der Waals surface area contributed by atoms with Gasteiger partial charge in [-0.3, -0.25) is 0 Å². The molecular formula is C8H9F3N4. The third-order valence-corrected chi connectivity index (χ3v) is 2.33. The number of rotatable bonds is 2. The van der Waals surface area contributed by atoms with Gasteiger partial charge in [-0.1, -0.05) is 0 Å². The van der Waals surface area contributed by atoms with Gasteiger partial charge in [-0.15, -0.1) is 0 Å². The first-order valence-corrected chi connectivity index (χ1v) is 4.36. The maximum atomic E-state index is 12.5. The Morgan fingerprint density at radius 3 is 2.53 bits per heavy atom. The molecule has 0 amide bonds. The van der Waals surface area contributed by atoms with Gasteiger partial charge in [0.25, 0.3) is 0 Å². The lowest BCUT2D eigenvalue weighted by atomic mass is 10.2. The summed E-state index contributed by atoms with van der Waals surface area (Å²) in [5.74, 6) is 0.0651. The first-order valence-electron chi connectivity index (χ1n) is 4.36. The summed E-state index contributed by atoms with van der Waals surface area (Å²) in [5.41, 5.74) is 3.45. The summed E-state index contributed by atoms with van der Waals surface area (Å²) in [6.45, 7) is 0. The Bertz CT molecular complexity index is 372. The zero-order valence-corrected chi connectivity index (χ0v) is 7.67. The van der Waals surface area contributed by atoms with Crippen LogP contribution in [0.2, 0.25) is 0 Å². The highest BCUT2D eigenvalue weighted by molar-refractivity contribution is 5.43. The van der Waals surface area contributed by atoms with Gasteiger partial charge in [-0.2, -0.15) is 18.2 Å². The summed E-state index contributed by atoms with van der Waals surface area (Å²) < 4.78 is 37.6. The average Bonchev–Trinajstić information content (AvgIpc) is 2.84. The van der Waals surface area contributed by atoms with Gasteiger partial charge in [0.2, 0.25) is 5.95 Å². The number of aromatic nitrogens is 2. The molecule has 1 aliphatic rings. The molecule has 1 aromatic rings. The molecule has 0 bridgehead atoms. The summed E-state index contributed by atoms with van der Waals surface area (Å²) in [7, 11) is 0. The molecule has 4 nitrogen and oxygen atoms in total. The monoisotopic (exact) mass is 218 g/mol. The number of anilines is 2. The van der Waals surface area contributed by atoms with Crippen molar-refractivity contribution in [2.45, 2.75) is 24.6 Å². The number of nitrogen functional groups attached to an aromatic ring is 1. The standard InChI is InChI=1S/C8H9F3N4/c9-8(10,11)7(2-3-7)15-5-1-4-13-6(12)14-5/h1,4H,2-3H2,(H3,12,13,14,15). The van der Waals surface area contributed by atoms with Crippen molar-refractivity contribution < 1.29 is 13.2 Å². The summed E-state index contributed by atoms with van der Waals surface area (Å²) >= 11 is 0. The number of nitrogens with one attached hydrogen (secondary N) is 1. The van der Waals surface area contributed by atoms with Crippen LogP contribution < -0.4 is 11.1 Å². The molecule has 1 aromatic heterocycles. The first-order chi connectivity index (χ1) is 6.93. The van der Waals surface area contributed by atoms with Crippen molar-refractivity contribution in [2.24, 2.45) is 0 Å². The molecule has 1 saturated carbocycles. The van der Waals surface area contributed by atoms with Crippen LogP contribution in [0.1, 0.15) is 12.8 Å². The molecule has 1 heterocycles. The van der Waals surface area contributed by atoms with Crippen LogP contribution in [0.5, 0.6) is 0 Å². The van der Waals surface area contributed by atoms with E-state index in [4.69, 9.17) is 5.73 Å². The lowest BCUT2D eigenvalue weighted by Gasteiger charge is -2.21. The highest BCUT2D eigenvalue weighted by Gasteiger charge is 2.63. The number of nitrogens with two attached hydrogens (primary N) is 1. The normalized spacial score (nSPS) is 18.6. The van der Waals surface area contributed by atoms with Crippen molar-refractivity contribution in [3.8, 4) is 0 Å². The van der Waals surface area contributed by atoms with Gasteiger partial charge >= 0.3 is 6.18 Å². The van der Waals surface area contributed by atoms with E-state index in [1.54, 1.807) is 0 Å². The molecule has 0 saturated heterocycles. The predicted octanol–water partition coefficient (Wildman–Crippen LogP) is 1.57. The first kappa shape index (κ1) is 10.0. The minimum atomic E-state index is -4.26. The van der Waals surface area contributed by atoms with E-state index in [0.717, 1.165) is 0 Å². The molecule has 0 unspecified atom stereocenters. The predicted molar refractivity (Wildman–Crippen MR) is 48.1 cm³/mol. The zero-order chi connectivity index (χ0) is 11.1. The maximum Gasteiger partial charge on any atom is 0.411 e. The number of halogens is 3. The lowest BCUT2D eigenvalue weighted by molar-refractivity contribution is -0.151. The second-order valence-electron chi connectivity index (χ2n) is 3.50. The summed E-state index contributed by atoms with van der Waals surface area (Å²) in [5, 5.41) is 2.35. The van der Waals surface area contributed by atoms with E-state index in [9.17, 15) is 13.2 Å². The molecule has 0 spiro atoms. The van der Waals surface area contributed by atoms with Crippen LogP contribution in [-0.4, -0.2) is 21.7 Å². The number of alkyl halides is 3. The molecule has 15 heavy (non-hydrogen) atoms. The Kier molecular flexibility index (Phi) is 1.99. The van der Waals surface area contributed by atoms with Crippen molar-refractivity contribution in [3.63, 3.8) is 0 Å². The van der Waals surface area contributed by atoms with E-state index in [1.807, 2.05) is 0 Å². The fraction of sp³-hybridized carbons (Fsp3) is 0.500. The van der Waals surface area contributed by atoms with Crippen LogP contribution in [0.25, 0.3) is 0 Å². The zero-order valence-electron chi connectivity index (χ0n) is 7.67. The van der Waals surface area contributed by atoms with Crippen LogP contribution in [-0.2, 0) is 0 Å². The molecule has 0 aliphatic heterocycles. The van der Waals surface area contributed by atoms with Crippen LogP contribution in [0, 0.1) is 0 Å². The van der Waals surface area contributed by atoms with Gasteiger partial charge in [0, 0.05) is 6.20 Å². The molecule has 3 N–H and O–H groups in total. The Balaban J connectivity index is 2.16. The average molecular weight is 218 g/mol. The second kappa shape index (κ2) is 2.98. The number of hydrogen-bond acceptors (Lipinski definition) is 4. The summed E-state index contributed by atoms with van der Waals surface area (Å²) in [6, 6.07) is 1.36. The molecule has 1 aliphatic carbocycles. The topological polar surface area (TPSA) is 63.8 Å². The van der Waals surface area contributed by atoms with Crippen molar-refractivity contribution in [3.05, 3.63) is 12.3 Å². The SMILES string of the molecule is Nc1nccc(NC2(C(F)(F)F)CC2)n1. The van der Waals surface area contributed by atoms with Gasteiger partial charge in [-0.05, 0) is 18.9 Å². The van der Waals surface area contributed by atoms with Gasteiger partial charge in [0.15, 0.2) is 0 Å². The van der Waals surface area contributed by atoms with E-state index < -0.39 is 11.7 Å². The van der Waals surface area contributed by atoms with E-state index in [2.05, 4.69) is 15.3 Å². The van der Waals surface area contributed by atoms with E-state index in [0.29, 0.717) is 0 Å². The highest BCUT2D eigenvalue weighted by atomic mass is 19.4. The summed E-state index contributed by atoms with van der Waals surface area (Å²) in [4.78, 5) is 7.27. The summed E-state index contributed by atoms with van der Waals surface area (Å²) in [6.07, 6.45) is -2.80. The van der Waals surface area contributed by atoms with Crippen molar-refractivity contribution in [1.29, 1.82) is 0 Å². The lowest BCUT2D eigenvalue weighted by Crippen LogP contribution is -2.38. The molecule has 7 heteroatoms. The highest BCUT2D eigenvalue weighted by Crippen LogP contribution is 2.50. The van der Waals surface area contributed by atoms with E-state index in [1.165, 1.54) is 12.3 Å². The minimum absolute atomic E-state index is 0.0435. The third kappa shape index (κ3) is 1.81. The van der Waals surface area contributed by atoms with Crippen molar-refractivity contribution in [1.82, 2.24) is 9.97 Å². The number of hydrogen-bond donors (Lipinski definition) is 2. The van der Waals surface area contributed by atoms with Crippen LogP contribution in [0.3, 0.4) is 0 Å². The molecule has 0 atom stereocenters. The quantitative estimate of drug-likeness (QED) is 0.790. The van der Waals surface area contributed by atoms with Gasteiger partial charge in [0.1, 0.15) is 11.4 Å². The molecule has 0 aromatic carbocycles. The van der Waals surface area contributed by atoms with Crippen LogP contribution >= 0.6 is 0 Å². The molecule has 82 valence electrons. The fourth-order valence-corrected chi connectivity index (χ4v) is 1.29. The smallest absolute Gasteiger partial charge is 0.368 e. The van der Waals surface area contributed by atoms with Crippen LogP contribution in [0.4, 0.5) is 24.9 Å². The Morgan fingerprint density at radius 2 is 2.07 bits per heavy atom. The molecule has 0 radical (unpaired) electrons. The van der Waals surface area contributed by atoms with Crippen LogP contribution in [0.15, 0.2) is 12.3 Å². The van der Waals surface area contributed by atoms with Crippen molar-refractivity contribution in [2.75, 3.05) is 11.1 Å². The minimum Gasteiger partial charge on any atom is -0.368 e. The fourth-order valence-electron chi connectivity index (χ4n) is 1.29. The Labute approximate surface area is 83.7 Å². The Morgan fingerprint density at radius 1 is 1.40 bits per heavy atom. The molecule has 2 rings (SSSR count). The van der Waals surface area contributed by atoms with Gasteiger partial charge in [0.05, 0.1) is 0 Å². The van der Waals surface area contributed by atoms with Gasteiger partial charge in [-0.25, -0.2) is 4.98 Å². The second-order valence-corrected chi connectivity index (χ2v) is 3.50. The Hall–Kier alpha value is -1.53. The number of nitrogens with zero attached hydrogens (tertiary/aromatic N) is 2. The van der Waals surface area contributed by atoms with Crippen molar-refractivity contribution >= 4 is 11.8 Å².